The third-order valence-corrected chi connectivity index (χ3v) is 7.42. The van der Waals surface area contributed by atoms with Crippen LogP contribution in [0.2, 0.25) is 0 Å². The molecule has 28 heavy (non-hydrogen) atoms. The number of hydrogen-bond acceptors (Lipinski definition) is 5. The molecule has 148 valence electrons. The maximum Gasteiger partial charge on any atom is 0.416 e. The van der Waals surface area contributed by atoms with Gasteiger partial charge in [0.25, 0.3) is 20.0 Å². The van der Waals surface area contributed by atoms with Crippen molar-refractivity contribution in [3.8, 4) is 0 Å². The highest BCUT2D eigenvalue weighted by Gasteiger charge is 2.39. The first-order chi connectivity index (χ1) is 13.0. The van der Waals surface area contributed by atoms with Crippen molar-refractivity contribution >= 4 is 30.9 Å². The second-order valence-electron chi connectivity index (χ2n) is 5.52. The van der Waals surface area contributed by atoms with Crippen LogP contribution in [0.25, 0.3) is 10.9 Å². The van der Waals surface area contributed by atoms with Crippen molar-refractivity contribution in [1.29, 1.82) is 0 Å². The Morgan fingerprint density at radius 1 is 0.821 bits per heavy atom. The molecule has 0 aliphatic heterocycles. The van der Waals surface area contributed by atoms with Crippen LogP contribution in [-0.4, -0.2) is 25.8 Å². The van der Waals surface area contributed by atoms with Gasteiger partial charge in [0.2, 0.25) is 0 Å². The first-order valence-electron chi connectivity index (χ1n) is 7.43. The highest BCUT2D eigenvalue weighted by molar-refractivity contribution is 8.03. The molecule has 0 aliphatic carbocycles. The number of alkyl halides is 3. The van der Waals surface area contributed by atoms with Gasteiger partial charge in [0.1, 0.15) is 4.90 Å². The molecule has 0 aliphatic rings. The van der Waals surface area contributed by atoms with Gasteiger partial charge in [0, 0.05) is 11.6 Å². The number of aromatic nitrogens is 1. The minimum absolute atomic E-state index is 0.157. The predicted octanol–water partition coefficient (Wildman–Crippen LogP) is 3.52. The fraction of sp³-hybridized carbons (Fsp3) is 0.0625. The highest BCUT2D eigenvalue weighted by Crippen LogP contribution is 2.32. The number of benzene rings is 2. The molecule has 12 heteroatoms. The van der Waals surface area contributed by atoms with Crippen LogP contribution in [0, 0.1) is 0 Å². The summed E-state index contributed by atoms with van der Waals surface area (Å²) in [4.78, 5) is 2.17. The average molecular weight is 434 g/mol. The van der Waals surface area contributed by atoms with E-state index in [-0.39, 0.29) is 5.52 Å². The third-order valence-electron chi connectivity index (χ3n) is 3.73. The van der Waals surface area contributed by atoms with Crippen molar-refractivity contribution in [2.45, 2.75) is 16.0 Å². The van der Waals surface area contributed by atoms with Crippen LogP contribution in [0.15, 0.2) is 70.6 Å². The number of nitrogens with zero attached hydrogens (tertiary/aromatic N) is 2. The van der Waals surface area contributed by atoms with Gasteiger partial charge >= 0.3 is 6.18 Å². The van der Waals surface area contributed by atoms with Crippen molar-refractivity contribution < 1.29 is 34.5 Å². The maximum atomic E-state index is 14.6. The minimum atomic E-state index is -5.29. The maximum absolute atomic E-state index is 14.6. The summed E-state index contributed by atoms with van der Waals surface area (Å²) >= 11 is 0. The van der Waals surface area contributed by atoms with Gasteiger partial charge in [-0.1, -0.05) is 18.2 Å². The van der Waals surface area contributed by atoms with Crippen molar-refractivity contribution in [3.63, 3.8) is 0 Å². The number of sulfonamides is 2. The smallest absolute Gasteiger partial charge is 0.255 e. The van der Waals surface area contributed by atoms with Crippen molar-refractivity contribution in [1.82, 2.24) is 8.92 Å². The quantitative estimate of drug-likeness (QED) is 0.464. The first kappa shape index (κ1) is 20.2. The molecule has 6 nitrogen and oxygen atoms in total. The van der Waals surface area contributed by atoms with Gasteiger partial charge in [0.15, 0.2) is 0 Å². The zero-order chi connectivity index (χ0) is 20.7. The summed E-state index contributed by atoms with van der Waals surface area (Å²) < 4.78 is 101. The Morgan fingerprint density at radius 3 is 2.04 bits per heavy atom. The predicted molar refractivity (Wildman–Crippen MR) is 90.5 cm³/mol. The van der Waals surface area contributed by atoms with Crippen LogP contribution in [0.4, 0.5) is 17.7 Å². The molecule has 0 radical (unpaired) electrons. The average Bonchev–Trinajstić information content (AvgIpc) is 2.66. The van der Waals surface area contributed by atoms with Crippen LogP contribution < -0.4 is 0 Å². The van der Waals surface area contributed by atoms with E-state index in [4.69, 9.17) is 0 Å². The zero-order valence-electron chi connectivity index (χ0n) is 13.6. The van der Waals surface area contributed by atoms with Gasteiger partial charge < -0.3 is 0 Å². The molecular weight excluding hydrogens is 424 g/mol. The van der Waals surface area contributed by atoms with Crippen molar-refractivity contribution in [3.05, 3.63) is 66.4 Å². The number of para-hydroxylation sites is 1. The molecule has 1 aromatic heterocycles. The largest absolute Gasteiger partial charge is 0.416 e. The normalized spacial score (nSPS) is 13.2. The lowest BCUT2D eigenvalue weighted by molar-refractivity contribution is -0.137. The van der Waals surface area contributed by atoms with Gasteiger partial charge in [-0.3, -0.25) is 4.98 Å². The van der Waals surface area contributed by atoms with E-state index in [2.05, 4.69) is 4.98 Å². The molecule has 0 atom stereocenters. The van der Waals surface area contributed by atoms with E-state index in [0.717, 1.165) is 6.07 Å². The fourth-order valence-corrected chi connectivity index (χ4v) is 5.39. The van der Waals surface area contributed by atoms with E-state index in [9.17, 15) is 34.5 Å². The summed E-state index contributed by atoms with van der Waals surface area (Å²) in [6.45, 7) is 0. The van der Waals surface area contributed by atoms with E-state index >= 15 is 0 Å². The number of pyridine rings is 1. The molecular formula is C16H10F4N2O4S2. The summed E-state index contributed by atoms with van der Waals surface area (Å²) in [7, 11) is -10.5. The number of hydrogen-bond donors (Lipinski definition) is 0. The second kappa shape index (κ2) is 6.79. The fourth-order valence-electron chi connectivity index (χ4n) is 2.39. The Hall–Kier alpha value is -2.57. The Balaban J connectivity index is 2.07. The zero-order valence-corrected chi connectivity index (χ0v) is 15.3. The van der Waals surface area contributed by atoms with Crippen LogP contribution in [0.1, 0.15) is 5.56 Å². The van der Waals surface area contributed by atoms with E-state index in [1.54, 1.807) is 0 Å². The molecule has 3 rings (SSSR count). The SMILES string of the molecule is O=S(=O)(c1ccc(C(F)(F)F)cc1)N(F)S(=O)(=O)c1cccc2cccnc12. The summed E-state index contributed by atoms with van der Waals surface area (Å²) in [5.74, 6) is 0. The summed E-state index contributed by atoms with van der Waals surface area (Å²) in [6, 6.07) is 8.51. The van der Waals surface area contributed by atoms with Crippen LogP contribution in [-0.2, 0) is 26.2 Å². The van der Waals surface area contributed by atoms with Gasteiger partial charge in [-0.2, -0.15) is 13.2 Å². The molecule has 1 heterocycles. The monoisotopic (exact) mass is 434 g/mol. The standard InChI is InChI=1S/C16H10F4N2O4S2/c17-16(18,19)12-6-8-13(9-7-12)27(23,24)22(20)28(25,26)14-5-1-3-11-4-2-10-21-15(11)14/h1-10H. The molecule has 0 bridgehead atoms. The molecule has 0 saturated heterocycles. The van der Waals surface area contributed by atoms with E-state index in [1.807, 2.05) is 0 Å². The van der Waals surface area contributed by atoms with Gasteiger partial charge in [-0.15, -0.1) is 4.48 Å². The molecule has 0 amide bonds. The summed E-state index contributed by atoms with van der Waals surface area (Å²) in [5.41, 5.74) is -1.33. The lowest BCUT2D eigenvalue weighted by Crippen LogP contribution is -2.30. The van der Waals surface area contributed by atoms with E-state index in [0.29, 0.717) is 29.7 Å². The van der Waals surface area contributed by atoms with Gasteiger partial charge in [0.05, 0.1) is 19.9 Å². The minimum Gasteiger partial charge on any atom is -0.255 e. The summed E-state index contributed by atoms with van der Waals surface area (Å²) in [6.07, 6.45) is -3.49. The van der Waals surface area contributed by atoms with Crippen molar-refractivity contribution in [2.24, 2.45) is 0 Å². The lowest BCUT2D eigenvalue weighted by atomic mass is 10.2. The molecule has 0 saturated carbocycles. The number of fused-ring (bicyclic) bond motifs is 1. The van der Waals surface area contributed by atoms with Crippen molar-refractivity contribution in [2.75, 3.05) is 0 Å². The first-order valence-corrected chi connectivity index (χ1v) is 10.3. The van der Waals surface area contributed by atoms with Crippen LogP contribution in [0.5, 0.6) is 0 Å². The Bertz CT molecular complexity index is 1240. The van der Waals surface area contributed by atoms with Crippen LogP contribution in [0.3, 0.4) is 0 Å². The second-order valence-corrected chi connectivity index (χ2v) is 9.20. The number of halogens is 4. The molecule has 0 fully saturated rings. The topological polar surface area (TPSA) is 84.4 Å². The van der Waals surface area contributed by atoms with E-state index in [1.165, 1.54) is 30.5 Å². The lowest BCUT2D eigenvalue weighted by Gasteiger charge is -2.14. The molecule has 3 aromatic rings. The molecule has 2 aromatic carbocycles. The highest BCUT2D eigenvalue weighted by atomic mass is 32.3. The molecule has 0 N–H and O–H groups in total. The Labute approximate surface area is 157 Å². The molecule has 0 spiro atoms. The summed E-state index contributed by atoms with van der Waals surface area (Å²) in [5, 5.41) is 0.323. The Kier molecular flexibility index (Phi) is 4.89. The van der Waals surface area contributed by atoms with Gasteiger partial charge in [-0.25, -0.2) is 16.8 Å². The van der Waals surface area contributed by atoms with E-state index < -0.39 is 45.5 Å². The number of rotatable bonds is 4. The van der Waals surface area contributed by atoms with Crippen LogP contribution >= 0.6 is 0 Å². The molecule has 0 unspecified atom stereocenters. The third kappa shape index (κ3) is 3.45. The van der Waals surface area contributed by atoms with Gasteiger partial charge in [-0.05, 0) is 36.4 Å². The Morgan fingerprint density at radius 2 is 1.43 bits per heavy atom.